The maximum Gasteiger partial charge on any atom is 0.143 e. The molecular weight excluding hydrogens is 346 g/mol. The number of anilines is 2. The van der Waals surface area contributed by atoms with Gasteiger partial charge in [0.1, 0.15) is 22.9 Å². The first kappa shape index (κ1) is 16.5. The van der Waals surface area contributed by atoms with E-state index in [2.05, 4.69) is 28.9 Å². The molecule has 4 nitrogen and oxygen atoms in total. The summed E-state index contributed by atoms with van der Waals surface area (Å²) in [4.78, 5) is 4.83. The van der Waals surface area contributed by atoms with Crippen LogP contribution in [-0.4, -0.2) is 16.5 Å². The third-order valence-corrected chi connectivity index (χ3v) is 4.49. The number of nitrogens with one attached hydrogen (secondary N) is 1. The Balaban J connectivity index is 1.86. The monoisotopic (exact) mass is 363 g/mol. The number of pyridine rings is 1. The number of nitrogens with zero attached hydrogens (tertiary/aromatic N) is 2. The Morgan fingerprint density at radius 2 is 1.69 bits per heavy atom. The van der Waals surface area contributed by atoms with Crippen molar-refractivity contribution in [2.24, 2.45) is 0 Å². The lowest BCUT2D eigenvalue weighted by Crippen LogP contribution is -1.97. The Hall–Kier alpha value is -2.98. The van der Waals surface area contributed by atoms with E-state index >= 15 is 0 Å². The lowest BCUT2D eigenvalue weighted by Gasteiger charge is -2.10. The molecule has 0 fully saturated rings. The lowest BCUT2D eigenvalue weighted by molar-refractivity contribution is 0.415. The number of rotatable bonds is 4. The van der Waals surface area contributed by atoms with Crippen LogP contribution < -0.4 is 10.1 Å². The van der Waals surface area contributed by atoms with E-state index in [0.717, 1.165) is 39.7 Å². The van der Waals surface area contributed by atoms with E-state index < -0.39 is 0 Å². The van der Waals surface area contributed by atoms with Crippen molar-refractivity contribution in [2.75, 3.05) is 12.4 Å². The van der Waals surface area contributed by atoms with Crippen LogP contribution in [0.5, 0.6) is 5.75 Å². The summed E-state index contributed by atoms with van der Waals surface area (Å²) in [5.41, 5.74) is 4.90. The predicted molar refractivity (Wildman–Crippen MR) is 107 cm³/mol. The van der Waals surface area contributed by atoms with Crippen LogP contribution in [0.3, 0.4) is 0 Å². The molecule has 0 saturated heterocycles. The van der Waals surface area contributed by atoms with Crippen molar-refractivity contribution in [3.63, 3.8) is 0 Å². The van der Waals surface area contributed by atoms with Crippen molar-refractivity contribution < 1.29 is 4.74 Å². The van der Waals surface area contributed by atoms with Crippen molar-refractivity contribution in [3.05, 3.63) is 77.4 Å². The molecule has 5 heteroatoms. The van der Waals surface area contributed by atoms with Gasteiger partial charge in [0.15, 0.2) is 0 Å². The molecule has 2 aromatic heterocycles. The fourth-order valence-electron chi connectivity index (χ4n) is 2.89. The fraction of sp³-hybridized carbons (Fsp3) is 0.0952. The molecule has 0 atom stereocenters. The van der Waals surface area contributed by atoms with Crippen LogP contribution in [0.25, 0.3) is 16.9 Å². The van der Waals surface area contributed by atoms with Gasteiger partial charge in [-0.25, -0.2) is 4.98 Å². The molecule has 0 unspecified atom stereocenters. The van der Waals surface area contributed by atoms with Gasteiger partial charge >= 0.3 is 0 Å². The van der Waals surface area contributed by atoms with Crippen LogP contribution in [0.2, 0.25) is 5.02 Å². The van der Waals surface area contributed by atoms with Crippen LogP contribution in [0.15, 0.2) is 66.9 Å². The molecule has 2 heterocycles. The number of halogens is 1. The molecule has 0 aliphatic rings. The second-order valence-electron chi connectivity index (χ2n) is 6.10. The molecule has 0 aliphatic carbocycles. The molecule has 0 bridgehead atoms. The number of hydrogen-bond acceptors (Lipinski definition) is 3. The number of aryl methyl sites for hydroxylation is 1. The molecule has 130 valence electrons. The van der Waals surface area contributed by atoms with E-state index in [-0.39, 0.29) is 0 Å². The number of aromatic nitrogens is 2. The quantitative estimate of drug-likeness (QED) is 0.504. The van der Waals surface area contributed by atoms with E-state index in [4.69, 9.17) is 21.3 Å². The van der Waals surface area contributed by atoms with E-state index in [0.29, 0.717) is 5.02 Å². The summed E-state index contributed by atoms with van der Waals surface area (Å²) >= 11 is 6.01. The van der Waals surface area contributed by atoms with Gasteiger partial charge in [0, 0.05) is 22.5 Å². The third kappa shape index (κ3) is 3.11. The Morgan fingerprint density at radius 1 is 0.962 bits per heavy atom. The first-order valence-corrected chi connectivity index (χ1v) is 8.67. The van der Waals surface area contributed by atoms with Crippen LogP contribution >= 0.6 is 11.6 Å². The van der Waals surface area contributed by atoms with Crippen molar-refractivity contribution >= 4 is 28.8 Å². The molecule has 4 aromatic rings. The number of imidazole rings is 1. The SMILES string of the molecule is COc1ccc(-c2nc3ccc(C)cn3c2Nc2ccc(Cl)cc2)cc1. The molecule has 0 aliphatic heterocycles. The summed E-state index contributed by atoms with van der Waals surface area (Å²) in [6.07, 6.45) is 2.08. The third-order valence-electron chi connectivity index (χ3n) is 4.24. The van der Waals surface area contributed by atoms with E-state index in [1.807, 2.05) is 54.6 Å². The number of methoxy groups -OCH3 is 1. The van der Waals surface area contributed by atoms with Crippen molar-refractivity contribution in [1.29, 1.82) is 0 Å². The first-order valence-electron chi connectivity index (χ1n) is 8.30. The van der Waals surface area contributed by atoms with Crippen LogP contribution in [0.1, 0.15) is 5.56 Å². The molecule has 0 saturated carbocycles. The number of fused-ring (bicyclic) bond motifs is 1. The number of ether oxygens (including phenoxy) is 1. The summed E-state index contributed by atoms with van der Waals surface area (Å²) in [5, 5.41) is 4.20. The molecule has 1 N–H and O–H groups in total. The average molecular weight is 364 g/mol. The summed E-state index contributed by atoms with van der Waals surface area (Å²) < 4.78 is 7.34. The summed E-state index contributed by atoms with van der Waals surface area (Å²) in [6.45, 7) is 2.07. The molecule has 2 aromatic carbocycles. The fourth-order valence-corrected chi connectivity index (χ4v) is 3.02. The largest absolute Gasteiger partial charge is 0.497 e. The zero-order valence-corrected chi connectivity index (χ0v) is 15.3. The van der Waals surface area contributed by atoms with Gasteiger partial charge in [-0.2, -0.15) is 0 Å². The average Bonchev–Trinajstić information content (AvgIpc) is 3.01. The Bertz CT molecular complexity index is 1050. The maximum atomic E-state index is 6.01. The van der Waals surface area contributed by atoms with Crippen LogP contribution in [-0.2, 0) is 0 Å². The minimum absolute atomic E-state index is 0.708. The zero-order valence-electron chi connectivity index (χ0n) is 14.5. The predicted octanol–water partition coefficient (Wildman–Crippen LogP) is 5.72. The van der Waals surface area contributed by atoms with Gasteiger partial charge in [-0.05, 0) is 67.1 Å². The number of benzene rings is 2. The van der Waals surface area contributed by atoms with Gasteiger partial charge < -0.3 is 10.1 Å². The minimum atomic E-state index is 0.708. The summed E-state index contributed by atoms with van der Waals surface area (Å²) in [6, 6.07) is 19.6. The highest BCUT2D eigenvalue weighted by molar-refractivity contribution is 6.30. The second kappa shape index (κ2) is 6.73. The summed E-state index contributed by atoms with van der Waals surface area (Å²) in [7, 11) is 1.66. The molecule has 0 radical (unpaired) electrons. The van der Waals surface area contributed by atoms with E-state index in [1.54, 1.807) is 7.11 Å². The van der Waals surface area contributed by atoms with Crippen molar-refractivity contribution in [1.82, 2.24) is 9.38 Å². The van der Waals surface area contributed by atoms with Gasteiger partial charge in [-0.3, -0.25) is 4.40 Å². The highest BCUT2D eigenvalue weighted by Crippen LogP contribution is 2.32. The Morgan fingerprint density at radius 3 is 2.38 bits per heavy atom. The van der Waals surface area contributed by atoms with Crippen molar-refractivity contribution in [3.8, 4) is 17.0 Å². The minimum Gasteiger partial charge on any atom is -0.497 e. The van der Waals surface area contributed by atoms with Crippen LogP contribution in [0.4, 0.5) is 11.5 Å². The highest BCUT2D eigenvalue weighted by atomic mass is 35.5. The molecule has 0 spiro atoms. The Kier molecular flexibility index (Phi) is 4.27. The maximum absolute atomic E-state index is 6.01. The van der Waals surface area contributed by atoms with Gasteiger partial charge in [-0.15, -0.1) is 0 Å². The topological polar surface area (TPSA) is 38.6 Å². The first-order chi connectivity index (χ1) is 12.6. The summed E-state index contributed by atoms with van der Waals surface area (Å²) in [5.74, 6) is 1.73. The molecular formula is C21H18ClN3O. The molecule has 0 amide bonds. The second-order valence-corrected chi connectivity index (χ2v) is 6.54. The van der Waals surface area contributed by atoms with E-state index in [9.17, 15) is 0 Å². The van der Waals surface area contributed by atoms with Gasteiger partial charge in [0.25, 0.3) is 0 Å². The van der Waals surface area contributed by atoms with Gasteiger partial charge in [0.2, 0.25) is 0 Å². The zero-order chi connectivity index (χ0) is 18.1. The normalized spacial score (nSPS) is 10.9. The van der Waals surface area contributed by atoms with Gasteiger partial charge in [-0.1, -0.05) is 17.7 Å². The molecule has 26 heavy (non-hydrogen) atoms. The van der Waals surface area contributed by atoms with Crippen molar-refractivity contribution in [2.45, 2.75) is 6.92 Å². The smallest absolute Gasteiger partial charge is 0.143 e. The van der Waals surface area contributed by atoms with Crippen LogP contribution in [0, 0.1) is 6.92 Å². The standard InChI is InChI=1S/C21H18ClN3O/c1-14-3-12-19-24-20(15-4-10-18(26-2)11-5-15)21(25(19)13-14)23-17-8-6-16(22)7-9-17/h3-13,23H,1-2H3. The van der Waals surface area contributed by atoms with E-state index in [1.165, 1.54) is 0 Å². The van der Waals surface area contributed by atoms with Gasteiger partial charge in [0.05, 0.1) is 7.11 Å². The Labute approximate surface area is 157 Å². The lowest BCUT2D eigenvalue weighted by atomic mass is 10.1. The highest BCUT2D eigenvalue weighted by Gasteiger charge is 2.15. The number of hydrogen-bond donors (Lipinski definition) is 1. The molecule has 4 rings (SSSR count).